The minimum absolute atomic E-state index is 0.133. The van der Waals surface area contributed by atoms with Crippen LogP contribution in [0.25, 0.3) is 0 Å². The smallest absolute Gasteiger partial charge is 0.303 e. The summed E-state index contributed by atoms with van der Waals surface area (Å²) in [5.41, 5.74) is 2.69. The third kappa shape index (κ3) is 4.99. The van der Waals surface area contributed by atoms with Crippen molar-refractivity contribution in [1.29, 1.82) is 0 Å². The zero-order valence-electron chi connectivity index (χ0n) is 18.5. The lowest BCUT2D eigenvalue weighted by atomic mass is 9.94. The molecule has 5 rings (SSSR count). The summed E-state index contributed by atoms with van der Waals surface area (Å²) < 4.78 is 39.3. The average Bonchev–Trinajstić information content (AvgIpc) is 3.39. The van der Waals surface area contributed by atoms with Gasteiger partial charge in [-0.1, -0.05) is 78.9 Å². The van der Waals surface area contributed by atoms with Gasteiger partial charge in [0.1, 0.15) is 0 Å². The van der Waals surface area contributed by atoms with Gasteiger partial charge in [0.25, 0.3) is 0 Å². The molecule has 2 aliphatic rings. The first kappa shape index (κ1) is 22.2. The fourth-order valence-corrected chi connectivity index (χ4v) is 5.69. The quantitative estimate of drug-likeness (QED) is 0.474. The van der Waals surface area contributed by atoms with Crippen LogP contribution in [-0.4, -0.2) is 24.0 Å². The molecule has 0 amide bonds. The Balaban J connectivity index is 1.29. The average molecular weight is 451 g/mol. The van der Waals surface area contributed by atoms with Crippen LogP contribution >= 0.6 is 0 Å². The fraction of sp³-hybridized carbons (Fsp3) is 0.357. The summed E-state index contributed by atoms with van der Waals surface area (Å²) in [6.07, 6.45) is -1.99. The highest BCUT2D eigenvalue weighted by atomic mass is 19.4. The Morgan fingerprint density at radius 2 is 1.48 bits per heavy atom. The van der Waals surface area contributed by atoms with Crippen LogP contribution in [-0.2, 0) is 12.7 Å². The number of hydrogen-bond donors (Lipinski definition) is 1. The maximum Gasteiger partial charge on any atom is 0.416 e. The zero-order valence-corrected chi connectivity index (χ0v) is 18.5. The first-order valence-corrected chi connectivity index (χ1v) is 11.7. The highest BCUT2D eigenvalue weighted by molar-refractivity contribution is 5.32. The molecule has 3 unspecified atom stereocenters. The Hall–Kier alpha value is -2.63. The highest BCUT2D eigenvalue weighted by Gasteiger charge is 2.43. The Morgan fingerprint density at radius 1 is 0.818 bits per heavy atom. The van der Waals surface area contributed by atoms with Gasteiger partial charge in [-0.05, 0) is 47.4 Å². The molecular weight excluding hydrogens is 421 g/mol. The topological polar surface area (TPSA) is 15.3 Å². The third-order valence-corrected chi connectivity index (χ3v) is 7.24. The second kappa shape index (κ2) is 9.32. The van der Waals surface area contributed by atoms with E-state index in [1.807, 2.05) is 12.1 Å². The second-order valence-corrected chi connectivity index (χ2v) is 9.42. The van der Waals surface area contributed by atoms with Crippen LogP contribution in [0.3, 0.4) is 0 Å². The number of rotatable bonds is 6. The van der Waals surface area contributed by atoms with Crippen LogP contribution in [0.4, 0.5) is 13.2 Å². The molecule has 3 atom stereocenters. The molecule has 5 heteroatoms. The van der Waals surface area contributed by atoms with Gasteiger partial charge in [-0.2, -0.15) is 13.2 Å². The number of benzene rings is 3. The summed E-state index contributed by atoms with van der Waals surface area (Å²) in [6.45, 7) is 2.46. The second-order valence-electron chi connectivity index (χ2n) is 9.42. The molecular formula is C28H29F3N2. The van der Waals surface area contributed by atoms with E-state index in [9.17, 15) is 13.2 Å². The highest BCUT2D eigenvalue weighted by Crippen LogP contribution is 2.40. The lowest BCUT2D eigenvalue weighted by Crippen LogP contribution is -2.38. The van der Waals surface area contributed by atoms with E-state index in [1.54, 1.807) is 6.07 Å². The molecule has 172 valence electrons. The van der Waals surface area contributed by atoms with Crippen LogP contribution < -0.4 is 5.32 Å². The van der Waals surface area contributed by atoms with Crippen molar-refractivity contribution in [2.45, 2.75) is 37.6 Å². The number of alkyl halides is 3. The lowest BCUT2D eigenvalue weighted by molar-refractivity contribution is -0.137. The molecule has 0 radical (unpaired) electrons. The Kier molecular flexibility index (Phi) is 6.26. The van der Waals surface area contributed by atoms with Crippen molar-refractivity contribution < 1.29 is 13.2 Å². The first-order valence-electron chi connectivity index (χ1n) is 11.7. The maximum absolute atomic E-state index is 13.1. The molecule has 33 heavy (non-hydrogen) atoms. The van der Waals surface area contributed by atoms with Gasteiger partial charge in [0, 0.05) is 25.7 Å². The van der Waals surface area contributed by atoms with Crippen molar-refractivity contribution in [2.75, 3.05) is 13.1 Å². The maximum atomic E-state index is 13.1. The van der Waals surface area contributed by atoms with Crippen molar-refractivity contribution in [1.82, 2.24) is 10.2 Å². The number of fused-ring (bicyclic) bond motifs is 1. The molecule has 2 nitrogen and oxygen atoms in total. The van der Waals surface area contributed by atoms with E-state index < -0.39 is 11.7 Å². The van der Waals surface area contributed by atoms with E-state index in [1.165, 1.54) is 23.3 Å². The molecule has 3 aromatic rings. The van der Waals surface area contributed by atoms with E-state index in [-0.39, 0.29) is 6.04 Å². The van der Waals surface area contributed by atoms with E-state index in [0.717, 1.165) is 37.6 Å². The molecule has 1 heterocycles. The number of nitrogens with one attached hydrogen (secondary N) is 1. The van der Waals surface area contributed by atoms with Crippen LogP contribution in [0.15, 0.2) is 84.9 Å². The SMILES string of the molecule is FC(F)(F)c1cccc(CN2CC3CCC(NC(c4ccccc4)c4ccccc4)C3C2)c1. The third-order valence-electron chi connectivity index (χ3n) is 7.24. The molecule has 1 aliphatic heterocycles. The monoisotopic (exact) mass is 450 g/mol. The summed E-state index contributed by atoms with van der Waals surface area (Å²) in [5, 5.41) is 3.96. The van der Waals surface area contributed by atoms with Crippen molar-refractivity contribution in [3.63, 3.8) is 0 Å². The summed E-state index contributed by atoms with van der Waals surface area (Å²) in [5.74, 6) is 1.12. The number of likely N-dealkylation sites (tertiary alicyclic amines) is 1. The first-order chi connectivity index (χ1) is 16.0. The van der Waals surface area contributed by atoms with Crippen molar-refractivity contribution in [3.05, 3.63) is 107 Å². The Morgan fingerprint density at radius 3 is 2.12 bits per heavy atom. The largest absolute Gasteiger partial charge is 0.416 e. The van der Waals surface area contributed by atoms with Gasteiger partial charge in [0.05, 0.1) is 11.6 Å². The van der Waals surface area contributed by atoms with Gasteiger partial charge in [-0.25, -0.2) is 0 Å². The van der Waals surface area contributed by atoms with Crippen molar-refractivity contribution >= 4 is 0 Å². The van der Waals surface area contributed by atoms with E-state index in [2.05, 4.69) is 58.7 Å². The van der Waals surface area contributed by atoms with Gasteiger partial charge in [0.15, 0.2) is 0 Å². The fourth-order valence-electron chi connectivity index (χ4n) is 5.69. The molecule has 1 saturated carbocycles. The van der Waals surface area contributed by atoms with E-state index in [0.29, 0.717) is 24.4 Å². The molecule has 1 N–H and O–H groups in total. The van der Waals surface area contributed by atoms with Gasteiger partial charge in [-0.15, -0.1) is 0 Å². The number of nitrogens with zero attached hydrogens (tertiary/aromatic N) is 1. The summed E-state index contributed by atoms with van der Waals surface area (Å²) in [4.78, 5) is 2.33. The molecule has 0 aromatic heterocycles. The van der Waals surface area contributed by atoms with Crippen LogP contribution in [0.1, 0.15) is 41.1 Å². The molecule has 2 fully saturated rings. The summed E-state index contributed by atoms with van der Waals surface area (Å²) in [7, 11) is 0. The van der Waals surface area contributed by atoms with Crippen LogP contribution in [0.2, 0.25) is 0 Å². The minimum atomic E-state index is -4.30. The molecule has 1 aliphatic carbocycles. The van der Waals surface area contributed by atoms with E-state index >= 15 is 0 Å². The van der Waals surface area contributed by atoms with E-state index in [4.69, 9.17) is 0 Å². The number of halogens is 3. The molecule has 0 bridgehead atoms. The van der Waals surface area contributed by atoms with Gasteiger partial charge < -0.3 is 5.32 Å². The molecule has 3 aromatic carbocycles. The van der Waals surface area contributed by atoms with Crippen LogP contribution in [0, 0.1) is 11.8 Å². The van der Waals surface area contributed by atoms with Gasteiger partial charge in [0.2, 0.25) is 0 Å². The van der Waals surface area contributed by atoms with Gasteiger partial charge >= 0.3 is 6.18 Å². The Bertz CT molecular complexity index is 1010. The lowest BCUT2D eigenvalue weighted by Gasteiger charge is -2.28. The normalized spacial score (nSPS) is 23.2. The van der Waals surface area contributed by atoms with Crippen molar-refractivity contribution in [2.24, 2.45) is 11.8 Å². The standard InChI is InChI=1S/C28H29F3N2/c29-28(30,31)24-13-7-8-20(16-24)17-33-18-23-14-15-26(25(23)19-33)32-27(21-9-3-1-4-10-21)22-11-5-2-6-12-22/h1-13,16,23,25-27,32H,14-15,17-19H2. The van der Waals surface area contributed by atoms with Gasteiger partial charge in [-0.3, -0.25) is 4.90 Å². The molecule has 0 spiro atoms. The zero-order chi connectivity index (χ0) is 22.8. The predicted molar refractivity (Wildman–Crippen MR) is 125 cm³/mol. The van der Waals surface area contributed by atoms with Crippen molar-refractivity contribution in [3.8, 4) is 0 Å². The predicted octanol–water partition coefficient (Wildman–Crippen LogP) is 6.30. The Labute approximate surface area is 193 Å². The summed E-state index contributed by atoms with van der Waals surface area (Å²) in [6, 6.07) is 27.4. The minimum Gasteiger partial charge on any atom is -0.303 e. The number of hydrogen-bond acceptors (Lipinski definition) is 2. The molecule has 1 saturated heterocycles. The summed E-state index contributed by atoms with van der Waals surface area (Å²) >= 11 is 0. The van der Waals surface area contributed by atoms with Crippen LogP contribution in [0.5, 0.6) is 0 Å².